The Morgan fingerprint density at radius 1 is 0.645 bits per heavy atom. The van der Waals surface area contributed by atoms with Crippen LogP contribution in [-0.2, 0) is 0 Å². The fourth-order valence-electron chi connectivity index (χ4n) is 11.7. The molecule has 0 aromatic rings. The SMILES string of the molecule is C[C@@H]1[C@H]2[C@H]3CC[C@@H]4[C@@]5(C)CCC(O)C(C)(C)C5CC[C@@]4(C)[C@]3(C)CC[C@@]2(C)CC[C@H]1C. The Hall–Kier alpha value is -0.0400. The molecule has 0 radical (unpaired) electrons. The predicted molar refractivity (Wildman–Crippen MR) is 131 cm³/mol. The van der Waals surface area contributed by atoms with Gasteiger partial charge in [-0.25, -0.2) is 0 Å². The van der Waals surface area contributed by atoms with Crippen molar-refractivity contribution in [3.8, 4) is 0 Å². The molecule has 0 saturated heterocycles. The normalized spacial score (nSPS) is 60.9. The summed E-state index contributed by atoms with van der Waals surface area (Å²) in [4.78, 5) is 0. The first-order valence-corrected chi connectivity index (χ1v) is 14.0. The van der Waals surface area contributed by atoms with Gasteiger partial charge in [-0.15, -0.1) is 0 Å². The Labute approximate surface area is 193 Å². The molecule has 1 heteroatoms. The Bertz CT molecular complexity index is 726. The van der Waals surface area contributed by atoms with Crippen LogP contribution in [0.15, 0.2) is 0 Å². The van der Waals surface area contributed by atoms with Crippen LogP contribution in [0.4, 0.5) is 0 Å². The molecule has 0 bridgehead atoms. The highest BCUT2D eigenvalue weighted by Crippen LogP contribution is 2.76. The molecule has 5 aliphatic carbocycles. The highest BCUT2D eigenvalue weighted by atomic mass is 16.3. The maximum atomic E-state index is 10.9. The topological polar surface area (TPSA) is 20.2 Å². The molecule has 0 heterocycles. The van der Waals surface area contributed by atoms with E-state index in [1.807, 2.05) is 0 Å². The molecule has 5 saturated carbocycles. The molecular weight excluding hydrogens is 376 g/mol. The number of fused-ring (bicyclic) bond motifs is 7. The Kier molecular flexibility index (Phi) is 4.96. The second-order valence-corrected chi connectivity index (χ2v) is 15.1. The van der Waals surface area contributed by atoms with E-state index in [1.165, 1.54) is 57.8 Å². The zero-order valence-corrected chi connectivity index (χ0v) is 22.1. The molecule has 5 aliphatic rings. The van der Waals surface area contributed by atoms with Crippen LogP contribution in [0.1, 0.15) is 120 Å². The van der Waals surface area contributed by atoms with Crippen LogP contribution in [0.5, 0.6) is 0 Å². The molecule has 5 fully saturated rings. The second-order valence-electron chi connectivity index (χ2n) is 15.1. The smallest absolute Gasteiger partial charge is 0.0594 e. The van der Waals surface area contributed by atoms with Crippen molar-refractivity contribution in [3.63, 3.8) is 0 Å². The minimum atomic E-state index is -0.109. The molecule has 178 valence electrons. The standard InChI is InChI=1S/C30H52O/c1-19-11-14-27(5)17-18-29(7)21(25(27)20(19)2)9-10-23-28(6)15-13-24(31)26(3,4)22(28)12-16-30(23,29)8/h19-25,31H,9-18H2,1-8H3/t19-,20+,21-,22?,23-,24?,25+,27-,28+,29-,30-/m1/s1. The Balaban J connectivity index is 1.54. The van der Waals surface area contributed by atoms with Crippen LogP contribution in [-0.4, -0.2) is 11.2 Å². The summed E-state index contributed by atoms with van der Waals surface area (Å²) in [6, 6.07) is 0. The predicted octanol–water partition coefficient (Wildman–Crippen LogP) is 8.10. The summed E-state index contributed by atoms with van der Waals surface area (Å²) in [5, 5.41) is 10.9. The van der Waals surface area contributed by atoms with E-state index in [2.05, 4.69) is 55.4 Å². The number of rotatable bonds is 0. The molecular formula is C30H52O. The van der Waals surface area contributed by atoms with E-state index >= 15 is 0 Å². The van der Waals surface area contributed by atoms with Crippen LogP contribution >= 0.6 is 0 Å². The van der Waals surface area contributed by atoms with Crippen molar-refractivity contribution in [2.75, 3.05) is 0 Å². The quantitative estimate of drug-likeness (QED) is 0.413. The van der Waals surface area contributed by atoms with E-state index in [-0.39, 0.29) is 11.5 Å². The van der Waals surface area contributed by atoms with E-state index in [0.717, 1.165) is 36.0 Å². The maximum Gasteiger partial charge on any atom is 0.0594 e. The minimum absolute atomic E-state index is 0.0739. The van der Waals surface area contributed by atoms with E-state index in [1.54, 1.807) is 0 Å². The van der Waals surface area contributed by atoms with Gasteiger partial charge in [0.1, 0.15) is 0 Å². The van der Waals surface area contributed by atoms with Crippen LogP contribution in [0, 0.1) is 62.6 Å². The summed E-state index contributed by atoms with van der Waals surface area (Å²) < 4.78 is 0. The summed E-state index contributed by atoms with van der Waals surface area (Å²) in [5.74, 6) is 5.17. The third-order valence-corrected chi connectivity index (χ3v) is 14.0. The molecule has 1 N–H and O–H groups in total. The highest BCUT2D eigenvalue weighted by Gasteiger charge is 2.69. The lowest BCUT2D eigenvalue weighted by Gasteiger charge is -2.74. The van der Waals surface area contributed by atoms with Gasteiger partial charge in [0.05, 0.1) is 6.10 Å². The van der Waals surface area contributed by atoms with Crippen molar-refractivity contribution in [2.24, 2.45) is 62.6 Å². The van der Waals surface area contributed by atoms with Crippen LogP contribution < -0.4 is 0 Å². The zero-order valence-electron chi connectivity index (χ0n) is 22.1. The van der Waals surface area contributed by atoms with E-state index in [4.69, 9.17) is 0 Å². The molecule has 31 heavy (non-hydrogen) atoms. The number of aliphatic hydroxyl groups is 1. The van der Waals surface area contributed by atoms with Gasteiger partial charge in [0, 0.05) is 0 Å². The number of hydrogen-bond acceptors (Lipinski definition) is 1. The highest BCUT2D eigenvalue weighted by molar-refractivity contribution is 5.18. The van der Waals surface area contributed by atoms with Crippen molar-refractivity contribution < 1.29 is 5.11 Å². The van der Waals surface area contributed by atoms with Crippen LogP contribution in [0.25, 0.3) is 0 Å². The molecule has 0 aromatic heterocycles. The van der Waals surface area contributed by atoms with Gasteiger partial charge in [0.15, 0.2) is 0 Å². The average Bonchev–Trinajstić information content (AvgIpc) is 2.69. The first-order chi connectivity index (χ1) is 14.3. The maximum absolute atomic E-state index is 10.9. The second kappa shape index (κ2) is 6.76. The van der Waals surface area contributed by atoms with E-state index in [9.17, 15) is 5.11 Å². The van der Waals surface area contributed by atoms with Gasteiger partial charge in [-0.1, -0.05) is 55.4 Å². The molecule has 0 aliphatic heterocycles. The van der Waals surface area contributed by atoms with Crippen molar-refractivity contribution >= 4 is 0 Å². The van der Waals surface area contributed by atoms with E-state index in [0.29, 0.717) is 27.6 Å². The summed E-state index contributed by atoms with van der Waals surface area (Å²) in [5.41, 5.74) is 2.05. The Morgan fingerprint density at radius 3 is 2.06 bits per heavy atom. The lowest BCUT2D eigenvalue weighted by Crippen LogP contribution is -2.67. The molecule has 1 nitrogen and oxygen atoms in total. The fourth-order valence-corrected chi connectivity index (χ4v) is 11.7. The van der Waals surface area contributed by atoms with Crippen LogP contribution in [0.2, 0.25) is 0 Å². The van der Waals surface area contributed by atoms with Gasteiger partial charge < -0.3 is 5.11 Å². The summed E-state index contributed by atoms with van der Waals surface area (Å²) in [6.07, 6.45) is 13.7. The first-order valence-electron chi connectivity index (χ1n) is 14.0. The monoisotopic (exact) mass is 428 g/mol. The zero-order chi connectivity index (χ0) is 22.6. The van der Waals surface area contributed by atoms with Crippen molar-refractivity contribution in [1.82, 2.24) is 0 Å². The molecule has 5 rings (SSSR count). The van der Waals surface area contributed by atoms with Crippen LogP contribution in [0.3, 0.4) is 0 Å². The van der Waals surface area contributed by atoms with Crippen molar-refractivity contribution in [2.45, 2.75) is 126 Å². The van der Waals surface area contributed by atoms with Gasteiger partial charge in [0.2, 0.25) is 0 Å². The lowest BCUT2D eigenvalue weighted by molar-refractivity contribution is -0.256. The third-order valence-electron chi connectivity index (χ3n) is 14.0. The number of aliphatic hydroxyl groups excluding tert-OH is 1. The van der Waals surface area contributed by atoms with Gasteiger partial charge >= 0.3 is 0 Å². The third kappa shape index (κ3) is 2.71. The van der Waals surface area contributed by atoms with Gasteiger partial charge in [-0.05, 0) is 127 Å². The van der Waals surface area contributed by atoms with Crippen molar-refractivity contribution in [3.05, 3.63) is 0 Å². The fraction of sp³-hybridized carbons (Fsp3) is 1.00. The Morgan fingerprint density at radius 2 is 1.35 bits per heavy atom. The number of hydrogen-bond donors (Lipinski definition) is 1. The van der Waals surface area contributed by atoms with Crippen molar-refractivity contribution in [1.29, 1.82) is 0 Å². The molecule has 0 aromatic carbocycles. The summed E-state index contributed by atoms with van der Waals surface area (Å²) in [6.45, 7) is 20.8. The average molecular weight is 429 g/mol. The van der Waals surface area contributed by atoms with E-state index < -0.39 is 0 Å². The summed E-state index contributed by atoms with van der Waals surface area (Å²) >= 11 is 0. The molecule has 2 unspecified atom stereocenters. The van der Waals surface area contributed by atoms with Gasteiger partial charge in [0.25, 0.3) is 0 Å². The molecule has 0 spiro atoms. The van der Waals surface area contributed by atoms with Gasteiger partial charge in [-0.3, -0.25) is 0 Å². The minimum Gasteiger partial charge on any atom is -0.393 e. The summed E-state index contributed by atoms with van der Waals surface area (Å²) in [7, 11) is 0. The largest absolute Gasteiger partial charge is 0.393 e. The lowest BCUT2D eigenvalue weighted by atomic mass is 9.31. The van der Waals surface area contributed by atoms with Gasteiger partial charge in [-0.2, -0.15) is 0 Å². The molecule has 0 amide bonds. The first kappa shape index (κ1) is 22.7. The molecule has 11 atom stereocenters.